The summed E-state index contributed by atoms with van der Waals surface area (Å²) in [6.07, 6.45) is 1.58. The highest BCUT2D eigenvalue weighted by Crippen LogP contribution is 2.14. The van der Waals surface area contributed by atoms with Crippen LogP contribution in [0.15, 0.2) is 36.5 Å². The number of pyridine rings is 1. The molecule has 1 amide bonds. The Hall–Kier alpha value is -2.71. The summed E-state index contributed by atoms with van der Waals surface area (Å²) in [7, 11) is 0. The molecule has 1 heterocycles. The number of aryl methyl sites for hydroxylation is 1. The molecule has 1 aromatic heterocycles. The van der Waals surface area contributed by atoms with Gasteiger partial charge in [-0.05, 0) is 36.8 Å². The summed E-state index contributed by atoms with van der Waals surface area (Å²) in [4.78, 5) is 16.1. The van der Waals surface area contributed by atoms with Crippen LogP contribution >= 0.6 is 0 Å². The summed E-state index contributed by atoms with van der Waals surface area (Å²) in [5.41, 5.74) is 6.49. The highest BCUT2D eigenvalue weighted by molar-refractivity contribution is 6.04. The first kappa shape index (κ1) is 14.7. The van der Waals surface area contributed by atoms with Crippen LogP contribution in [0.5, 0.6) is 0 Å². The van der Waals surface area contributed by atoms with Crippen molar-refractivity contribution in [2.24, 2.45) is 5.73 Å². The van der Waals surface area contributed by atoms with Gasteiger partial charge >= 0.3 is 0 Å². The number of nitrogens with two attached hydrogens (primary N) is 1. The summed E-state index contributed by atoms with van der Waals surface area (Å²) in [6, 6.07) is 7.72. The van der Waals surface area contributed by atoms with Crippen molar-refractivity contribution < 1.29 is 9.18 Å². The van der Waals surface area contributed by atoms with Gasteiger partial charge in [-0.25, -0.2) is 9.37 Å². The van der Waals surface area contributed by atoms with E-state index in [4.69, 9.17) is 5.73 Å². The van der Waals surface area contributed by atoms with Gasteiger partial charge in [-0.2, -0.15) is 0 Å². The molecular weight excluding hydrogens is 269 g/mol. The van der Waals surface area contributed by atoms with Gasteiger partial charge in [0.15, 0.2) is 0 Å². The molecule has 0 saturated heterocycles. The van der Waals surface area contributed by atoms with E-state index in [0.29, 0.717) is 5.82 Å². The Kier molecular flexibility index (Phi) is 4.64. The number of hydrogen-bond acceptors (Lipinski definition) is 3. The van der Waals surface area contributed by atoms with Crippen LogP contribution < -0.4 is 11.1 Å². The van der Waals surface area contributed by atoms with Crippen LogP contribution in [0.4, 0.5) is 10.2 Å². The van der Waals surface area contributed by atoms with Gasteiger partial charge in [-0.15, -0.1) is 0 Å². The van der Waals surface area contributed by atoms with Crippen molar-refractivity contribution in [1.82, 2.24) is 4.98 Å². The summed E-state index contributed by atoms with van der Waals surface area (Å²) >= 11 is 0. The summed E-state index contributed by atoms with van der Waals surface area (Å²) in [6.45, 7) is 1.98. The van der Waals surface area contributed by atoms with Crippen LogP contribution in [0.2, 0.25) is 0 Å². The van der Waals surface area contributed by atoms with Crippen LogP contribution in [0.25, 0.3) is 0 Å². The molecule has 3 N–H and O–H groups in total. The third kappa shape index (κ3) is 3.65. The molecule has 5 heteroatoms. The molecule has 0 fully saturated rings. The minimum atomic E-state index is -0.554. The van der Waals surface area contributed by atoms with E-state index in [1.165, 1.54) is 12.1 Å². The highest BCUT2D eigenvalue weighted by atomic mass is 19.1. The lowest BCUT2D eigenvalue weighted by atomic mass is 10.1. The molecule has 0 spiro atoms. The maximum absolute atomic E-state index is 13.8. The lowest BCUT2D eigenvalue weighted by Gasteiger charge is -2.07. The number of anilines is 1. The fraction of sp³-hybridized carbons (Fsp3) is 0.125. The molecule has 0 aliphatic rings. The van der Waals surface area contributed by atoms with E-state index < -0.39 is 11.7 Å². The quantitative estimate of drug-likeness (QED) is 0.829. The van der Waals surface area contributed by atoms with Gasteiger partial charge in [0.25, 0.3) is 5.91 Å². The molecule has 2 rings (SSSR count). The van der Waals surface area contributed by atoms with Gasteiger partial charge in [-0.1, -0.05) is 17.9 Å². The average molecular weight is 283 g/mol. The monoisotopic (exact) mass is 283 g/mol. The second-order valence-corrected chi connectivity index (χ2v) is 4.32. The molecule has 106 valence electrons. The maximum atomic E-state index is 13.8. The van der Waals surface area contributed by atoms with Crippen LogP contribution in [0.3, 0.4) is 0 Å². The number of nitrogens with zero attached hydrogens (tertiary/aromatic N) is 1. The molecule has 0 atom stereocenters. The average Bonchev–Trinajstić information content (AvgIpc) is 2.48. The van der Waals surface area contributed by atoms with Crippen molar-refractivity contribution in [1.29, 1.82) is 0 Å². The van der Waals surface area contributed by atoms with E-state index in [0.717, 1.165) is 11.6 Å². The zero-order valence-electron chi connectivity index (χ0n) is 11.5. The van der Waals surface area contributed by atoms with E-state index in [-0.39, 0.29) is 17.7 Å². The second-order valence-electron chi connectivity index (χ2n) is 4.32. The van der Waals surface area contributed by atoms with Gasteiger partial charge in [0.1, 0.15) is 11.6 Å². The zero-order chi connectivity index (χ0) is 15.2. The Balaban J connectivity index is 2.21. The molecule has 0 saturated carbocycles. The van der Waals surface area contributed by atoms with Crippen molar-refractivity contribution in [2.45, 2.75) is 6.92 Å². The van der Waals surface area contributed by atoms with Gasteiger partial charge < -0.3 is 11.1 Å². The molecule has 4 nitrogen and oxygen atoms in total. The molecule has 0 unspecified atom stereocenters. The van der Waals surface area contributed by atoms with E-state index in [1.54, 1.807) is 12.3 Å². The van der Waals surface area contributed by atoms with E-state index in [9.17, 15) is 9.18 Å². The van der Waals surface area contributed by atoms with Gasteiger partial charge in [0.2, 0.25) is 0 Å². The van der Waals surface area contributed by atoms with Crippen LogP contribution in [0.1, 0.15) is 21.5 Å². The molecule has 2 aromatic rings. The number of hydrogen-bond donors (Lipinski definition) is 2. The fourth-order valence-corrected chi connectivity index (χ4v) is 1.70. The Morgan fingerprint density at radius 3 is 2.90 bits per heavy atom. The molecule has 1 aromatic carbocycles. The fourth-order valence-electron chi connectivity index (χ4n) is 1.70. The standard InChI is InChI=1S/C16H14FN3O/c1-11-4-3-9-19-15(11)20-16(21)13-7-6-12(5-2-8-18)14(17)10-13/h3-4,6-7,9-10H,8,18H2,1H3,(H,19,20,21). The van der Waals surface area contributed by atoms with E-state index >= 15 is 0 Å². The summed E-state index contributed by atoms with van der Waals surface area (Å²) in [5, 5.41) is 2.64. The lowest BCUT2D eigenvalue weighted by Crippen LogP contribution is -2.14. The van der Waals surface area contributed by atoms with Crippen molar-refractivity contribution >= 4 is 11.7 Å². The van der Waals surface area contributed by atoms with Crippen LogP contribution in [-0.2, 0) is 0 Å². The second kappa shape index (κ2) is 6.64. The Labute approximate surface area is 122 Å². The van der Waals surface area contributed by atoms with Crippen molar-refractivity contribution in [3.05, 3.63) is 59.0 Å². The van der Waals surface area contributed by atoms with Crippen LogP contribution in [0, 0.1) is 24.6 Å². The Morgan fingerprint density at radius 1 is 1.43 bits per heavy atom. The third-order valence-electron chi connectivity index (χ3n) is 2.80. The first-order chi connectivity index (χ1) is 10.1. The number of amides is 1. The van der Waals surface area contributed by atoms with Crippen molar-refractivity contribution in [2.75, 3.05) is 11.9 Å². The SMILES string of the molecule is Cc1cccnc1NC(=O)c1ccc(C#CCN)c(F)c1. The highest BCUT2D eigenvalue weighted by Gasteiger charge is 2.10. The van der Waals surface area contributed by atoms with E-state index in [2.05, 4.69) is 22.1 Å². The Morgan fingerprint density at radius 2 is 2.24 bits per heavy atom. The summed E-state index contributed by atoms with van der Waals surface area (Å²) < 4.78 is 13.8. The number of halogens is 1. The molecule has 0 aliphatic heterocycles. The van der Waals surface area contributed by atoms with Gasteiger partial charge in [0.05, 0.1) is 12.1 Å². The minimum absolute atomic E-state index is 0.153. The number of aromatic nitrogens is 1. The third-order valence-corrected chi connectivity index (χ3v) is 2.80. The predicted octanol–water partition coefficient (Wildman–Crippen LogP) is 2.09. The number of nitrogens with one attached hydrogen (secondary N) is 1. The summed E-state index contributed by atoms with van der Waals surface area (Å²) in [5.74, 6) is 4.65. The maximum Gasteiger partial charge on any atom is 0.256 e. The lowest BCUT2D eigenvalue weighted by molar-refractivity contribution is 0.102. The molecular formula is C16H14FN3O. The normalized spacial score (nSPS) is 9.67. The van der Waals surface area contributed by atoms with E-state index in [1.807, 2.05) is 13.0 Å². The van der Waals surface area contributed by atoms with Crippen molar-refractivity contribution in [3.8, 4) is 11.8 Å². The first-order valence-corrected chi connectivity index (χ1v) is 6.33. The molecule has 0 aliphatic carbocycles. The van der Waals surface area contributed by atoms with Gasteiger partial charge in [0, 0.05) is 11.8 Å². The Bertz CT molecular complexity index is 732. The van der Waals surface area contributed by atoms with Crippen LogP contribution in [-0.4, -0.2) is 17.4 Å². The zero-order valence-corrected chi connectivity index (χ0v) is 11.5. The number of carbonyl (C=O) groups is 1. The molecule has 0 radical (unpaired) electrons. The smallest absolute Gasteiger partial charge is 0.256 e. The molecule has 21 heavy (non-hydrogen) atoms. The number of rotatable bonds is 2. The van der Waals surface area contributed by atoms with Crippen molar-refractivity contribution in [3.63, 3.8) is 0 Å². The topological polar surface area (TPSA) is 68.0 Å². The van der Waals surface area contributed by atoms with Gasteiger partial charge in [-0.3, -0.25) is 4.79 Å². The largest absolute Gasteiger partial charge is 0.320 e. The predicted molar refractivity (Wildman–Crippen MR) is 79.3 cm³/mol. The first-order valence-electron chi connectivity index (χ1n) is 6.33. The molecule has 0 bridgehead atoms. The minimum Gasteiger partial charge on any atom is -0.320 e. The number of benzene rings is 1. The number of carbonyl (C=O) groups excluding carboxylic acids is 1.